The molecule has 26 heavy (non-hydrogen) atoms. The number of carbonyl (C=O) groups is 3. The van der Waals surface area contributed by atoms with Gasteiger partial charge in [-0.1, -0.05) is 6.07 Å². The Balaban J connectivity index is 1.56. The van der Waals surface area contributed by atoms with Crippen molar-refractivity contribution in [1.82, 2.24) is 9.80 Å². The molecule has 1 aromatic carbocycles. The molecule has 2 fully saturated rings. The van der Waals surface area contributed by atoms with Gasteiger partial charge in [0.25, 0.3) is 0 Å². The number of nitrogens with one attached hydrogen (secondary N) is 1. The average Bonchev–Trinajstić information content (AvgIpc) is 3.17. The number of hydrogen-bond acceptors (Lipinski definition) is 3. The van der Waals surface area contributed by atoms with E-state index in [9.17, 15) is 14.4 Å². The molecule has 2 aliphatic rings. The first-order valence-corrected chi connectivity index (χ1v) is 9.14. The molecule has 2 aliphatic heterocycles. The summed E-state index contributed by atoms with van der Waals surface area (Å²) < 4.78 is 0. The maximum absolute atomic E-state index is 12.6. The second-order valence-corrected chi connectivity index (χ2v) is 7.06. The van der Waals surface area contributed by atoms with E-state index in [0.717, 1.165) is 31.5 Å². The summed E-state index contributed by atoms with van der Waals surface area (Å²) in [6.45, 7) is 4.67. The van der Waals surface area contributed by atoms with Crippen molar-refractivity contribution in [3.63, 3.8) is 0 Å². The van der Waals surface area contributed by atoms with Gasteiger partial charge in [0.05, 0.1) is 5.56 Å². The van der Waals surface area contributed by atoms with E-state index in [1.54, 1.807) is 6.07 Å². The number of aromatic carboxylic acids is 1. The molecule has 0 unspecified atom stereocenters. The van der Waals surface area contributed by atoms with Crippen LogP contribution in [0.3, 0.4) is 0 Å². The van der Waals surface area contributed by atoms with Crippen LogP contribution in [0, 0.1) is 12.8 Å². The fourth-order valence-corrected chi connectivity index (χ4v) is 3.57. The van der Waals surface area contributed by atoms with Crippen molar-refractivity contribution in [2.75, 3.05) is 31.5 Å². The fraction of sp³-hybridized carbons (Fsp3) is 0.526. The van der Waals surface area contributed by atoms with Gasteiger partial charge in [-0.25, -0.2) is 9.59 Å². The topological polar surface area (TPSA) is 90.0 Å². The number of anilines is 1. The largest absolute Gasteiger partial charge is 0.478 e. The Labute approximate surface area is 153 Å². The summed E-state index contributed by atoms with van der Waals surface area (Å²) >= 11 is 0. The molecule has 0 bridgehead atoms. The Morgan fingerprint density at radius 2 is 1.65 bits per heavy atom. The predicted octanol–water partition coefficient (Wildman–Crippen LogP) is 2.56. The molecule has 2 N–H and O–H groups in total. The zero-order chi connectivity index (χ0) is 18.7. The number of aryl methyl sites for hydroxylation is 1. The van der Waals surface area contributed by atoms with Crippen LogP contribution >= 0.6 is 0 Å². The van der Waals surface area contributed by atoms with Crippen LogP contribution < -0.4 is 5.32 Å². The summed E-state index contributed by atoms with van der Waals surface area (Å²) in [4.78, 5) is 39.8. The number of rotatable bonds is 3. The van der Waals surface area contributed by atoms with Gasteiger partial charge in [0, 0.05) is 37.8 Å². The summed E-state index contributed by atoms with van der Waals surface area (Å²) in [7, 11) is 0. The van der Waals surface area contributed by atoms with Gasteiger partial charge in [-0.15, -0.1) is 0 Å². The molecule has 3 amide bonds. The Morgan fingerprint density at radius 3 is 2.27 bits per heavy atom. The molecule has 2 saturated heterocycles. The van der Waals surface area contributed by atoms with Gasteiger partial charge in [-0.05, 0) is 50.3 Å². The molecule has 0 aromatic heterocycles. The highest BCUT2D eigenvalue weighted by Gasteiger charge is 2.30. The minimum atomic E-state index is -1.02. The van der Waals surface area contributed by atoms with E-state index in [1.807, 2.05) is 16.7 Å². The first-order valence-electron chi connectivity index (χ1n) is 9.14. The first kappa shape index (κ1) is 18.2. The maximum Gasteiger partial charge on any atom is 0.335 e. The van der Waals surface area contributed by atoms with E-state index < -0.39 is 5.97 Å². The van der Waals surface area contributed by atoms with E-state index in [0.29, 0.717) is 31.6 Å². The van der Waals surface area contributed by atoms with Crippen LogP contribution in [-0.4, -0.2) is 59.0 Å². The van der Waals surface area contributed by atoms with Gasteiger partial charge in [0.2, 0.25) is 5.91 Å². The number of hydrogen-bond donors (Lipinski definition) is 2. The van der Waals surface area contributed by atoms with Crippen LogP contribution in [0.4, 0.5) is 10.5 Å². The molecule has 1 aromatic rings. The number of amides is 3. The number of carboxylic acids is 1. The summed E-state index contributed by atoms with van der Waals surface area (Å²) in [5.41, 5.74) is 1.51. The van der Waals surface area contributed by atoms with Gasteiger partial charge in [0.1, 0.15) is 0 Å². The smallest absolute Gasteiger partial charge is 0.335 e. The molecule has 0 spiro atoms. The molecular formula is C19H25N3O4. The van der Waals surface area contributed by atoms with Crippen LogP contribution in [0.25, 0.3) is 0 Å². The van der Waals surface area contributed by atoms with Crippen LogP contribution in [0.15, 0.2) is 18.2 Å². The maximum atomic E-state index is 12.6. The lowest BCUT2D eigenvalue weighted by Gasteiger charge is -2.34. The summed E-state index contributed by atoms with van der Waals surface area (Å²) in [5, 5.41) is 12.0. The molecule has 0 saturated carbocycles. The van der Waals surface area contributed by atoms with Crippen LogP contribution in [-0.2, 0) is 4.79 Å². The Hall–Kier alpha value is -2.57. The lowest BCUT2D eigenvalue weighted by atomic mass is 9.95. The van der Waals surface area contributed by atoms with Gasteiger partial charge < -0.3 is 20.2 Å². The SMILES string of the molecule is Cc1ccc(C(=O)O)cc1NC(=O)C1CCN(C(=O)N2CCCC2)CC1. The standard InChI is InChI=1S/C19H25N3O4/c1-13-4-5-15(18(24)25)12-16(13)20-17(23)14-6-10-22(11-7-14)19(26)21-8-2-3-9-21/h4-5,12,14H,2-3,6-11H2,1H3,(H,20,23)(H,24,25). The lowest BCUT2D eigenvalue weighted by Crippen LogP contribution is -2.47. The molecule has 0 radical (unpaired) electrons. The van der Waals surface area contributed by atoms with Crippen molar-refractivity contribution in [2.45, 2.75) is 32.6 Å². The number of carbonyl (C=O) groups excluding carboxylic acids is 2. The third-order valence-corrected chi connectivity index (χ3v) is 5.26. The molecule has 140 valence electrons. The Kier molecular flexibility index (Phi) is 5.44. The van der Waals surface area contributed by atoms with Crippen molar-refractivity contribution < 1.29 is 19.5 Å². The second-order valence-electron chi connectivity index (χ2n) is 7.06. The highest BCUT2D eigenvalue weighted by Crippen LogP contribution is 2.23. The van der Waals surface area contributed by atoms with E-state index in [4.69, 9.17) is 5.11 Å². The van der Waals surface area contributed by atoms with E-state index in [1.165, 1.54) is 12.1 Å². The highest BCUT2D eigenvalue weighted by atomic mass is 16.4. The summed E-state index contributed by atoms with van der Waals surface area (Å²) in [5.74, 6) is -1.29. The van der Waals surface area contributed by atoms with Crippen molar-refractivity contribution in [2.24, 2.45) is 5.92 Å². The first-order chi connectivity index (χ1) is 12.5. The van der Waals surface area contributed by atoms with Crippen molar-refractivity contribution >= 4 is 23.6 Å². The number of carboxylic acid groups (broad SMARTS) is 1. The minimum Gasteiger partial charge on any atom is -0.478 e. The number of nitrogens with zero attached hydrogens (tertiary/aromatic N) is 2. The van der Waals surface area contributed by atoms with E-state index in [2.05, 4.69) is 5.32 Å². The molecule has 0 aliphatic carbocycles. The molecular weight excluding hydrogens is 334 g/mol. The van der Waals surface area contributed by atoms with Crippen LogP contribution in [0.1, 0.15) is 41.6 Å². The quantitative estimate of drug-likeness (QED) is 0.868. The second kappa shape index (κ2) is 7.76. The third kappa shape index (κ3) is 3.98. The molecule has 0 atom stereocenters. The van der Waals surface area contributed by atoms with Gasteiger partial charge in [0.15, 0.2) is 0 Å². The van der Waals surface area contributed by atoms with E-state index >= 15 is 0 Å². The number of likely N-dealkylation sites (tertiary alicyclic amines) is 2. The van der Waals surface area contributed by atoms with Gasteiger partial charge >= 0.3 is 12.0 Å². The van der Waals surface area contributed by atoms with Crippen LogP contribution in [0.5, 0.6) is 0 Å². The zero-order valence-corrected chi connectivity index (χ0v) is 15.0. The Bertz CT molecular complexity index is 705. The number of benzene rings is 1. The monoisotopic (exact) mass is 359 g/mol. The summed E-state index contributed by atoms with van der Waals surface area (Å²) in [6.07, 6.45) is 3.39. The summed E-state index contributed by atoms with van der Waals surface area (Å²) in [6, 6.07) is 4.79. The van der Waals surface area contributed by atoms with Crippen molar-refractivity contribution in [3.8, 4) is 0 Å². The highest BCUT2D eigenvalue weighted by molar-refractivity contribution is 5.96. The van der Waals surface area contributed by atoms with Crippen molar-refractivity contribution in [3.05, 3.63) is 29.3 Å². The van der Waals surface area contributed by atoms with Gasteiger partial charge in [-0.2, -0.15) is 0 Å². The fourth-order valence-electron chi connectivity index (χ4n) is 3.57. The van der Waals surface area contributed by atoms with Gasteiger partial charge in [-0.3, -0.25) is 4.79 Å². The number of urea groups is 1. The minimum absolute atomic E-state index is 0.0892. The lowest BCUT2D eigenvalue weighted by molar-refractivity contribution is -0.121. The van der Waals surface area contributed by atoms with Crippen LogP contribution in [0.2, 0.25) is 0 Å². The van der Waals surface area contributed by atoms with Crippen molar-refractivity contribution in [1.29, 1.82) is 0 Å². The molecule has 7 heteroatoms. The number of piperidine rings is 1. The normalized spacial score (nSPS) is 18.0. The van der Waals surface area contributed by atoms with E-state index in [-0.39, 0.29) is 23.4 Å². The molecule has 7 nitrogen and oxygen atoms in total. The molecule has 2 heterocycles. The zero-order valence-electron chi connectivity index (χ0n) is 15.0. The molecule has 3 rings (SSSR count). The third-order valence-electron chi connectivity index (χ3n) is 5.26. The predicted molar refractivity (Wildman–Crippen MR) is 97.3 cm³/mol. The average molecular weight is 359 g/mol. The Morgan fingerprint density at radius 1 is 1.04 bits per heavy atom.